The van der Waals surface area contributed by atoms with E-state index in [1.807, 2.05) is 6.92 Å². The predicted molar refractivity (Wildman–Crippen MR) is 32.7 cm³/mol. The second-order valence-corrected chi connectivity index (χ2v) is 0.980. The van der Waals surface area contributed by atoms with Crippen molar-refractivity contribution in [2.24, 2.45) is 5.73 Å². The highest BCUT2D eigenvalue weighted by Gasteiger charge is 1.51. The molecule has 0 amide bonds. The van der Waals surface area contributed by atoms with Crippen molar-refractivity contribution in [2.75, 3.05) is 20.3 Å². The summed E-state index contributed by atoms with van der Waals surface area (Å²) in [6.07, 6.45) is 0.653. The normalized spacial score (nSPS) is 6.88. The van der Waals surface area contributed by atoms with Gasteiger partial charge < -0.3 is 15.3 Å². The minimum absolute atomic E-state index is 0.139. The Balaban J connectivity index is 0. The number of ether oxygens (including phenoxy) is 1. The number of hydrogen-bond acceptors (Lipinski definition) is 3. The van der Waals surface area contributed by atoms with E-state index >= 15 is 0 Å². The molecule has 0 aromatic carbocycles. The van der Waals surface area contributed by atoms with Crippen molar-refractivity contribution in [3.8, 4) is 0 Å². The molecule has 0 fully saturated rings. The van der Waals surface area contributed by atoms with Crippen molar-refractivity contribution in [3.05, 3.63) is 0 Å². The molecule has 0 rings (SSSR count). The van der Waals surface area contributed by atoms with Crippen LogP contribution in [0.15, 0.2) is 0 Å². The zero-order chi connectivity index (χ0) is 6.83. The molecule has 0 aliphatic carbocycles. The van der Waals surface area contributed by atoms with Crippen molar-refractivity contribution in [3.63, 3.8) is 0 Å². The van der Waals surface area contributed by atoms with E-state index in [2.05, 4.69) is 10.5 Å². The fourth-order valence-electron chi connectivity index (χ4n) is 0. The summed E-state index contributed by atoms with van der Waals surface area (Å²) in [7, 11) is 1.68. The average molecular weight is 119 g/mol. The predicted octanol–water partition coefficient (Wildman–Crippen LogP) is -0.203. The van der Waals surface area contributed by atoms with Crippen LogP contribution < -0.4 is 5.73 Å². The molecule has 8 heavy (non-hydrogen) atoms. The Kier molecular flexibility index (Phi) is 21.1. The molecular formula is C5H13NO2. The summed E-state index contributed by atoms with van der Waals surface area (Å²) < 4.78 is 4.54. The summed E-state index contributed by atoms with van der Waals surface area (Å²) >= 11 is 0. The fraction of sp³-hybridized carbons (Fsp3) is 0.800. The molecule has 0 aliphatic heterocycles. The smallest absolute Gasteiger partial charge is 0.133 e. The molecule has 0 aromatic heterocycles. The highest BCUT2D eigenvalue weighted by molar-refractivity contribution is 5.51. The van der Waals surface area contributed by atoms with Gasteiger partial charge in [-0.15, -0.1) is 0 Å². The van der Waals surface area contributed by atoms with Crippen LogP contribution in [0.4, 0.5) is 0 Å². The van der Waals surface area contributed by atoms with Gasteiger partial charge in [0.2, 0.25) is 0 Å². The Bertz CT molecular complexity index is 37.4. The number of carbonyl (C=O) groups excluding carboxylic acids is 1. The number of nitrogens with two attached hydrogens (primary N) is 1. The second-order valence-electron chi connectivity index (χ2n) is 0.980. The summed E-state index contributed by atoms with van der Waals surface area (Å²) in [5.74, 6) is 0. The van der Waals surface area contributed by atoms with Gasteiger partial charge in [-0.2, -0.15) is 0 Å². The first kappa shape index (κ1) is 10.5. The van der Waals surface area contributed by atoms with Crippen molar-refractivity contribution >= 4 is 6.29 Å². The first-order valence-electron chi connectivity index (χ1n) is 2.46. The second kappa shape index (κ2) is 16.0. The van der Waals surface area contributed by atoms with Crippen molar-refractivity contribution in [1.82, 2.24) is 0 Å². The van der Waals surface area contributed by atoms with Crippen LogP contribution in [0.2, 0.25) is 0 Å². The first-order chi connectivity index (χ1) is 3.83. The molecule has 0 spiro atoms. The third-order valence-electron chi connectivity index (χ3n) is 0.385. The minimum Gasteiger partial charge on any atom is -0.385 e. The molecule has 2 N–H and O–H groups in total. The van der Waals surface area contributed by atoms with E-state index in [1.54, 1.807) is 7.11 Å². The Morgan fingerprint density at radius 1 is 1.75 bits per heavy atom. The molecule has 50 valence electrons. The lowest BCUT2D eigenvalue weighted by molar-refractivity contribution is -0.106. The number of hydrogen-bond donors (Lipinski definition) is 1. The third kappa shape index (κ3) is 46.6. The standard InChI is InChI=1S/C3H8O.C2H5NO/c1-3-4-2;3-1-2-4/h3H2,1-2H3;2H,1,3H2. The van der Waals surface area contributed by atoms with Gasteiger partial charge in [-0.25, -0.2) is 0 Å². The van der Waals surface area contributed by atoms with Gasteiger partial charge in [0.25, 0.3) is 0 Å². The Labute approximate surface area is 49.8 Å². The Hall–Kier alpha value is -0.410. The molecule has 0 saturated carbocycles. The van der Waals surface area contributed by atoms with Crippen LogP contribution in [-0.4, -0.2) is 26.5 Å². The SMILES string of the molecule is CCOC.NCC=O. The van der Waals surface area contributed by atoms with E-state index in [0.717, 1.165) is 6.61 Å². The molecule has 0 aliphatic rings. The zero-order valence-corrected chi connectivity index (χ0v) is 5.39. The van der Waals surface area contributed by atoms with Gasteiger partial charge in [0.15, 0.2) is 0 Å². The highest BCUT2D eigenvalue weighted by Crippen LogP contribution is 1.52. The lowest BCUT2D eigenvalue weighted by Gasteiger charge is -1.76. The molecular weight excluding hydrogens is 106 g/mol. The van der Waals surface area contributed by atoms with Crippen LogP contribution in [0.3, 0.4) is 0 Å². The quantitative estimate of drug-likeness (QED) is 0.512. The highest BCUT2D eigenvalue weighted by atomic mass is 16.5. The van der Waals surface area contributed by atoms with Crippen LogP contribution >= 0.6 is 0 Å². The summed E-state index contributed by atoms with van der Waals surface area (Å²) in [4.78, 5) is 9.05. The number of carbonyl (C=O) groups is 1. The molecule has 3 heteroatoms. The maximum atomic E-state index is 9.05. The van der Waals surface area contributed by atoms with Crippen LogP contribution in [-0.2, 0) is 9.53 Å². The van der Waals surface area contributed by atoms with Gasteiger partial charge in [-0.05, 0) is 6.92 Å². The maximum absolute atomic E-state index is 9.05. The van der Waals surface area contributed by atoms with E-state index in [-0.39, 0.29) is 6.54 Å². The Morgan fingerprint density at radius 3 is 2.00 bits per heavy atom. The fourth-order valence-corrected chi connectivity index (χ4v) is 0. The molecule has 0 saturated heterocycles. The van der Waals surface area contributed by atoms with E-state index < -0.39 is 0 Å². The van der Waals surface area contributed by atoms with Crippen LogP contribution in [0.5, 0.6) is 0 Å². The van der Waals surface area contributed by atoms with Gasteiger partial charge in [0.05, 0.1) is 0 Å². The summed E-state index contributed by atoms with van der Waals surface area (Å²) in [6, 6.07) is 0. The number of methoxy groups -OCH3 is 1. The van der Waals surface area contributed by atoms with Crippen LogP contribution in [0.25, 0.3) is 0 Å². The molecule has 0 unspecified atom stereocenters. The monoisotopic (exact) mass is 119 g/mol. The van der Waals surface area contributed by atoms with E-state index in [9.17, 15) is 0 Å². The average Bonchev–Trinajstić information content (AvgIpc) is 1.88. The molecule has 0 atom stereocenters. The van der Waals surface area contributed by atoms with Crippen molar-refractivity contribution in [1.29, 1.82) is 0 Å². The topological polar surface area (TPSA) is 52.3 Å². The van der Waals surface area contributed by atoms with Crippen LogP contribution in [0.1, 0.15) is 6.92 Å². The van der Waals surface area contributed by atoms with E-state index in [4.69, 9.17) is 4.79 Å². The van der Waals surface area contributed by atoms with Gasteiger partial charge >= 0.3 is 0 Å². The van der Waals surface area contributed by atoms with Gasteiger partial charge in [-0.3, -0.25) is 0 Å². The Morgan fingerprint density at radius 2 is 2.00 bits per heavy atom. The largest absolute Gasteiger partial charge is 0.385 e. The summed E-state index contributed by atoms with van der Waals surface area (Å²) in [6.45, 7) is 2.92. The van der Waals surface area contributed by atoms with Gasteiger partial charge in [0.1, 0.15) is 6.29 Å². The molecule has 0 aromatic rings. The molecule has 0 radical (unpaired) electrons. The lowest BCUT2D eigenvalue weighted by atomic mass is 10.8. The summed E-state index contributed by atoms with van der Waals surface area (Å²) in [5.41, 5.74) is 4.66. The zero-order valence-electron chi connectivity index (χ0n) is 5.39. The molecule has 0 heterocycles. The van der Waals surface area contributed by atoms with Gasteiger partial charge in [-0.1, -0.05) is 0 Å². The third-order valence-corrected chi connectivity index (χ3v) is 0.385. The van der Waals surface area contributed by atoms with E-state index in [1.165, 1.54) is 0 Å². The van der Waals surface area contributed by atoms with Crippen LogP contribution in [0, 0.1) is 0 Å². The molecule has 3 nitrogen and oxygen atoms in total. The first-order valence-corrected chi connectivity index (χ1v) is 2.46. The number of aldehydes is 1. The maximum Gasteiger partial charge on any atom is 0.133 e. The number of rotatable bonds is 2. The lowest BCUT2D eigenvalue weighted by Crippen LogP contribution is -1.97. The minimum atomic E-state index is 0.139. The molecule has 0 bridgehead atoms. The van der Waals surface area contributed by atoms with Crippen molar-refractivity contribution < 1.29 is 9.53 Å². The van der Waals surface area contributed by atoms with Gasteiger partial charge in [0, 0.05) is 20.3 Å². The van der Waals surface area contributed by atoms with E-state index in [0.29, 0.717) is 6.29 Å². The summed E-state index contributed by atoms with van der Waals surface area (Å²) in [5, 5.41) is 0. The van der Waals surface area contributed by atoms with Crippen molar-refractivity contribution in [2.45, 2.75) is 6.92 Å².